The standard InChI is InChI=1S/C18H18N2O/c1-12(2)10-13(3)18-20-16-11-15(4-5-17(16)21-18)14-6-8-19-9-7-14/h4-12H,1-3H3/b13-10-. The molecule has 3 heteroatoms. The Hall–Kier alpha value is -2.42. The minimum atomic E-state index is 0.479. The first-order valence-electron chi connectivity index (χ1n) is 7.13. The Morgan fingerprint density at radius 2 is 1.86 bits per heavy atom. The predicted octanol–water partition coefficient (Wildman–Crippen LogP) is 4.95. The predicted molar refractivity (Wildman–Crippen MR) is 85.7 cm³/mol. The molecule has 0 saturated heterocycles. The lowest BCUT2D eigenvalue weighted by molar-refractivity contribution is 0.582. The summed E-state index contributed by atoms with van der Waals surface area (Å²) < 4.78 is 5.83. The van der Waals surface area contributed by atoms with Crippen LogP contribution in [0, 0.1) is 5.92 Å². The van der Waals surface area contributed by atoms with E-state index in [1.807, 2.05) is 31.2 Å². The molecule has 3 rings (SSSR count). The molecule has 0 aliphatic rings. The molecular formula is C18H18N2O. The van der Waals surface area contributed by atoms with Gasteiger partial charge in [0.05, 0.1) is 0 Å². The van der Waals surface area contributed by atoms with E-state index in [4.69, 9.17) is 4.42 Å². The molecule has 3 aromatic rings. The van der Waals surface area contributed by atoms with Crippen LogP contribution in [0.1, 0.15) is 26.7 Å². The largest absolute Gasteiger partial charge is 0.436 e. The van der Waals surface area contributed by atoms with Crippen LogP contribution < -0.4 is 0 Å². The highest BCUT2D eigenvalue weighted by atomic mass is 16.3. The highest BCUT2D eigenvalue weighted by Crippen LogP contribution is 2.26. The fraction of sp³-hybridized carbons (Fsp3) is 0.222. The van der Waals surface area contributed by atoms with Crippen molar-refractivity contribution in [2.45, 2.75) is 20.8 Å². The summed E-state index contributed by atoms with van der Waals surface area (Å²) in [6, 6.07) is 10.1. The molecule has 0 aliphatic carbocycles. The molecule has 0 aliphatic heterocycles. The summed E-state index contributed by atoms with van der Waals surface area (Å²) in [6.45, 7) is 6.33. The van der Waals surface area contributed by atoms with E-state index < -0.39 is 0 Å². The number of benzene rings is 1. The maximum atomic E-state index is 5.83. The second-order valence-corrected chi connectivity index (χ2v) is 5.53. The van der Waals surface area contributed by atoms with Gasteiger partial charge in [0, 0.05) is 18.0 Å². The summed E-state index contributed by atoms with van der Waals surface area (Å²) in [5, 5.41) is 0. The van der Waals surface area contributed by atoms with Crippen LogP contribution in [0.15, 0.2) is 53.2 Å². The number of oxazole rings is 1. The second-order valence-electron chi connectivity index (χ2n) is 5.53. The molecule has 0 fully saturated rings. The normalized spacial score (nSPS) is 12.3. The fourth-order valence-corrected chi connectivity index (χ4v) is 2.39. The van der Waals surface area contributed by atoms with Gasteiger partial charge in [-0.1, -0.05) is 26.0 Å². The van der Waals surface area contributed by atoms with Crippen molar-refractivity contribution in [3.8, 4) is 11.1 Å². The summed E-state index contributed by atoms with van der Waals surface area (Å²) in [4.78, 5) is 8.65. The number of nitrogens with zero attached hydrogens (tertiary/aromatic N) is 2. The molecular weight excluding hydrogens is 260 g/mol. The van der Waals surface area contributed by atoms with Gasteiger partial charge in [-0.3, -0.25) is 4.98 Å². The first kappa shape index (κ1) is 13.6. The van der Waals surface area contributed by atoms with Gasteiger partial charge in [0.15, 0.2) is 5.58 Å². The average molecular weight is 278 g/mol. The summed E-state index contributed by atoms with van der Waals surface area (Å²) in [7, 11) is 0. The molecule has 0 radical (unpaired) electrons. The molecule has 1 aromatic carbocycles. The molecule has 0 N–H and O–H groups in total. The van der Waals surface area contributed by atoms with Gasteiger partial charge < -0.3 is 4.42 Å². The Balaban J connectivity index is 2.03. The van der Waals surface area contributed by atoms with E-state index in [9.17, 15) is 0 Å². The molecule has 21 heavy (non-hydrogen) atoms. The van der Waals surface area contributed by atoms with E-state index >= 15 is 0 Å². The van der Waals surface area contributed by atoms with Crippen molar-refractivity contribution in [2.75, 3.05) is 0 Å². The van der Waals surface area contributed by atoms with Gasteiger partial charge >= 0.3 is 0 Å². The Labute approximate surface area is 124 Å². The van der Waals surface area contributed by atoms with Gasteiger partial charge in [-0.05, 0) is 48.2 Å². The van der Waals surface area contributed by atoms with Crippen molar-refractivity contribution >= 4 is 16.7 Å². The maximum Gasteiger partial charge on any atom is 0.222 e. The van der Waals surface area contributed by atoms with Gasteiger partial charge in [0.1, 0.15) is 5.52 Å². The Bertz CT molecular complexity index is 785. The lowest BCUT2D eigenvalue weighted by atomic mass is 10.1. The average Bonchev–Trinajstić information content (AvgIpc) is 2.90. The molecule has 2 heterocycles. The van der Waals surface area contributed by atoms with E-state index in [2.05, 4.69) is 36.0 Å². The number of hydrogen-bond donors (Lipinski definition) is 0. The smallest absolute Gasteiger partial charge is 0.222 e. The zero-order valence-electron chi connectivity index (χ0n) is 12.5. The quantitative estimate of drug-likeness (QED) is 0.680. The number of rotatable bonds is 3. The number of fused-ring (bicyclic) bond motifs is 1. The van der Waals surface area contributed by atoms with Gasteiger partial charge in [0.25, 0.3) is 0 Å². The molecule has 2 aromatic heterocycles. The summed E-state index contributed by atoms with van der Waals surface area (Å²) in [5.74, 6) is 1.18. The zero-order valence-corrected chi connectivity index (χ0v) is 12.5. The minimum absolute atomic E-state index is 0.479. The molecule has 106 valence electrons. The maximum absolute atomic E-state index is 5.83. The van der Waals surface area contributed by atoms with Gasteiger partial charge in [-0.15, -0.1) is 0 Å². The van der Waals surface area contributed by atoms with E-state index in [0.717, 1.165) is 27.8 Å². The van der Waals surface area contributed by atoms with E-state index in [0.29, 0.717) is 11.8 Å². The topological polar surface area (TPSA) is 38.9 Å². The van der Waals surface area contributed by atoms with Crippen LogP contribution in [0.2, 0.25) is 0 Å². The van der Waals surface area contributed by atoms with Crippen molar-refractivity contribution in [1.82, 2.24) is 9.97 Å². The lowest BCUT2D eigenvalue weighted by Crippen LogP contribution is -1.84. The van der Waals surface area contributed by atoms with E-state index in [1.54, 1.807) is 12.4 Å². The molecule has 0 bridgehead atoms. The van der Waals surface area contributed by atoms with Crippen molar-refractivity contribution < 1.29 is 4.42 Å². The lowest BCUT2D eigenvalue weighted by Gasteiger charge is -1.99. The highest BCUT2D eigenvalue weighted by molar-refractivity contribution is 5.81. The second kappa shape index (κ2) is 5.52. The molecule has 3 nitrogen and oxygen atoms in total. The minimum Gasteiger partial charge on any atom is -0.436 e. The number of allylic oxidation sites excluding steroid dienone is 2. The van der Waals surface area contributed by atoms with Crippen molar-refractivity contribution in [2.24, 2.45) is 5.92 Å². The van der Waals surface area contributed by atoms with Crippen LogP contribution in [-0.2, 0) is 0 Å². The SMILES string of the molecule is C/C(=C/C(C)C)c1nc2cc(-c3ccncc3)ccc2o1. The van der Waals surface area contributed by atoms with Gasteiger partial charge in [-0.2, -0.15) is 0 Å². The fourth-order valence-electron chi connectivity index (χ4n) is 2.39. The van der Waals surface area contributed by atoms with E-state index in [-0.39, 0.29) is 0 Å². The first-order chi connectivity index (χ1) is 10.1. The summed E-state index contributed by atoms with van der Waals surface area (Å²) in [5.41, 5.74) is 5.03. The van der Waals surface area contributed by atoms with Crippen molar-refractivity contribution in [1.29, 1.82) is 0 Å². The third-order valence-electron chi connectivity index (χ3n) is 3.32. The Kier molecular flexibility index (Phi) is 3.57. The third kappa shape index (κ3) is 2.87. The van der Waals surface area contributed by atoms with Crippen LogP contribution in [0.3, 0.4) is 0 Å². The van der Waals surface area contributed by atoms with Crippen molar-refractivity contribution in [3.05, 3.63) is 54.7 Å². The van der Waals surface area contributed by atoms with Gasteiger partial charge in [-0.25, -0.2) is 4.98 Å². The Morgan fingerprint density at radius 3 is 2.57 bits per heavy atom. The number of pyridine rings is 1. The van der Waals surface area contributed by atoms with Crippen LogP contribution in [0.25, 0.3) is 27.8 Å². The zero-order chi connectivity index (χ0) is 14.8. The van der Waals surface area contributed by atoms with Crippen molar-refractivity contribution in [3.63, 3.8) is 0 Å². The first-order valence-corrected chi connectivity index (χ1v) is 7.13. The molecule has 0 saturated carbocycles. The van der Waals surface area contributed by atoms with Crippen LogP contribution in [0.4, 0.5) is 0 Å². The van der Waals surface area contributed by atoms with Gasteiger partial charge in [0.2, 0.25) is 5.89 Å². The van der Waals surface area contributed by atoms with Crippen LogP contribution in [0.5, 0.6) is 0 Å². The van der Waals surface area contributed by atoms with E-state index in [1.165, 1.54) is 0 Å². The highest BCUT2D eigenvalue weighted by Gasteiger charge is 2.09. The number of hydrogen-bond acceptors (Lipinski definition) is 3. The molecule has 0 unspecified atom stereocenters. The molecule has 0 amide bonds. The summed E-state index contributed by atoms with van der Waals surface area (Å²) >= 11 is 0. The monoisotopic (exact) mass is 278 g/mol. The molecule has 0 atom stereocenters. The van der Waals surface area contributed by atoms with Crippen LogP contribution >= 0.6 is 0 Å². The number of aromatic nitrogens is 2. The van der Waals surface area contributed by atoms with Crippen LogP contribution in [-0.4, -0.2) is 9.97 Å². The third-order valence-corrected chi connectivity index (χ3v) is 3.32. The molecule has 0 spiro atoms. The Morgan fingerprint density at radius 1 is 1.10 bits per heavy atom. The summed E-state index contributed by atoms with van der Waals surface area (Å²) in [6.07, 6.45) is 5.75.